The molecule has 0 aliphatic carbocycles. The van der Waals surface area contributed by atoms with Crippen LogP contribution >= 0.6 is 0 Å². The highest BCUT2D eigenvalue weighted by atomic mass is 16.4. The van der Waals surface area contributed by atoms with Crippen molar-refractivity contribution in [3.8, 4) is 0 Å². The van der Waals surface area contributed by atoms with Crippen molar-refractivity contribution in [1.29, 1.82) is 0 Å². The number of amides is 3. The number of aliphatic carboxylic acids is 1. The van der Waals surface area contributed by atoms with Crippen molar-refractivity contribution in [2.75, 3.05) is 19.6 Å². The van der Waals surface area contributed by atoms with Crippen LogP contribution in [0, 0.1) is 0 Å². The second-order valence-corrected chi connectivity index (χ2v) is 4.27. The molecule has 1 heterocycles. The molecule has 1 rings (SSSR count). The number of nitrogens with one attached hydrogen (secondary N) is 2. The van der Waals surface area contributed by atoms with E-state index in [1.807, 2.05) is 4.90 Å². The summed E-state index contributed by atoms with van der Waals surface area (Å²) in [6.45, 7) is 2.97. The van der Waals surface area contributed by atoms with Crippen LogP contribution in [-0.4, -0.2) is 53.6 Å². The topological polar surface area (TPSA) is 98.7 Å². The molecule has 1 atom stereocenters. The Morgan fingerprint density at radius 3 is 2.72 bits per heavy atom. The first-order valence-corrected chi connectivity index (χ1v) is 6.06. The van der Waals surface area contributed by atoms with Gasteiger partial charge in [0.1, 0.15) is 0 Å². The summed E-state index contributed by atoms with van der Waals surface area (Å²) in [6.07, 6.45) is 1.70. The molecule has 102 valence electrons. The highest BCUT2D eigenvalue weighted by molar-refractivity contribution is 5.95. The van der Waals surface area contributed by atoms with Gasteiger partial charge in [0.25, 0.3) is 0 Å². The van der Waals surface area contributed by atoms with Gasteiger partial charge < -0.3 is 10.4 Å². The molecule has 7 heteroatoms. The van der Waals surface area contributed by atoms with E-state index in [9.17, 15) is 14.4 Å². The van der Waals surface area contributed by atoms with E-state index in [-0.39, 0.29) is 19.0 Å². The van der Waals surface area contributed by atoms with Crippen molar-refractivity contribution >= 4 is 17.9 Å². The lowest BCUT2D eigenvalue weighted by Gasteiger charge is -2.22. The minimum Gasteiger partial charge on any atom is -0.481 e. The van der Waals surface area contributed by atoms with E-state index in [1.165, 1.54) is 0 Å². The molecule has 1 fully saturated rings. The van der Waals surface area contributed by atoms with Gasteiger partial charge in [0, 0.05) is 12.6 Å². The van der Waals surface area contributed by atoms with Crippen molar-refractivity contribution in [3.05, 3.63) is 0 Å². The molecular formula is C11H19N3O4. The number of carboxylic acid groups (broad SMARTS) is 1. The maximum Gasteiger partial charge on any atom is 0.321 e. The summed E-state index contributed by atoms with van der Waals surface area (Å²) < 4.78 is 0. The lowest BCUT2D eigenvalue weighted by molar-refractivity contribution is -0.138. The van der Waals surface area contributed by atoms with Gasteiger partial charge in [-0.1, -0.05) is 0 Å². The predicted molar refractivity (Wildman–Crippen MR) is 64.1 cm³/mol. The molecule has 0 spiro atoms. The second-order valence-electron chi connectivity index (χ2n) is 4.27. The summed E-state index contributed by atoms with van der Waals surface area (Å²) in [5.41, 5.74) is 0. The zero-order valence-corrected chi connectivity index (χ0v) is 10.4. The molecule has 1 unspecified atom stereocenters. The lowest BCUT2D eigenvalue weighted by Crippen LogP contribution is -2.45. The fourth-order valence-electron chi connectivity index (χ4n) is 2.09. The summed E-state index contributed by atoms with van der Waals surface area (Å²) in [6, 6.07) is -0.626. The highest BCUT2D eigenvalue weighted by Gasteiger charge is 2.28. The monoisotopic (exact) mass is 257 g/mol. The Labute approximate surface area is 106 Å². The Morgan fingerprint density at radius 1 is 1.39 bits per heavy atom. The first-order chi connectivity index (χ1) is 8.52. The third-order valence-electron chi connectivity index (χ3n) is 2.85. The third-order valence-corrected chi connectivity index (χ3v) is 2.85. The molecule has 18 heavy (non-hydrogen) atoms. The molecular weight excluding hydrogens is 238 g/mol. The summed E-state index contributed by atoms with van der Waals surface area (Å²) in [5.74, 6) is -1.27. The summed E-state index contributed by atoms with van der Waals surface area (Å²) >= 11 is 0. The number of hydrogen-bond donors (Lipinski definition) is 3. The number of carbonyl (C=O) groups excluding carboxylic acids is 2. The summed E-state index contributed by atoms with van der Waals surface area (Å²) in [4.78, 5) is 35.2. The first-order valence-electron chi connectivity index (χ1n) is 6.06. The van der Waals surface area contributed by atoms with Crippen LogP contribution in [0.2, 0.25) is 0 Å². The smallest absolute Gasteiger partial charge is 0.321 e. The number of rotatable bonds is 5. The Hall–Kier alpha value is -1.63. The highest BCUT2D eigenvalue weighted by Crippen LogP contribution is 2.19. The first kappa shape index (κ1) is 14.4. The molecule has 3 N–H and O–H groups in total. The minimum atomic E-state index is -0.865. The quantitative estimate of drug-likeness (QED) is 0.632. The van der Waals surface area contributed by atoms with Gasteiger partial charge in [-0.3, -0.25) is 19.8 Å². The number of carbonyl (C=O) groups is 3. The van der Waals surface area contributed by atoms with Crippen molar-refractivity contribution in [1.82, 2.24) is 15.5 Å². The summed E-state index contributed by atoms with van der Waals surface area (Å²) in [5, 5.41) is 13.4. The fraction of sp³-hybridized carbons (Fsp3) is 0.727. The van der Waals surface area contributed by atoms with Crippen LogP contribution in [-0.2, 0) is 9.59 Å². The third kappa shape index (κ3) is 4.70. The molecule has 0 saturated carbocycles. The van der Waals surface area contributed by atoms with Gasteiger partial charge in [0.15, 0.2) is 0 Å². The molecule has 1 aliphatic rings. The fourth-order valence-corrected chi connectivity index (χ4v) is 2.09. The van der Waals surface area contributed by atoms with Gasteiger partial charge in [-0.2, -0.15) is 0 Å². The van der Waals surface area contributed by atoms with Gasteiger partial charge >= 0.3 is 12.0 Å². The van der Waals surface area contributed by atoms with Gasteiger partial charge in [-0.15, -0.1) is 0 Å². The second kappa shape index (κ2) is 6.95. The summed E-state index contributed by atoms with van der Waals surface area (Å²) in [7, 11) is 0. The Morgan fingerprint density at radius 2 is 2.11 bits per heavy atom. The maximum absolute atomic E-state index is 11.6. The number of urea groups is 1. The van der Waals surface area contributed by atoms with Crippen molar-refractivity contribution in [2.45, 2.75) is 32.2 Å². The molecule has 3 amide bonds. The van der Waals surface area contributed by atoms with Crippen LogP contribution in [0.1, 0.15) is 26.2 Å². The number of nitrogens with zero attached hydrogens (tertiary/aromatic N) is 1. The molecule has 7 nitrogen and oxygen atoms in total. The van der Waals surface area contributed by atoms with E-state index in [0.29, 0.717) is 13.1 Å². The van der Waals surface area contributed by atoms with Crippen molar-refractivity contribution in [2.24, 2.45) is 0 Å². The Bertz CT molecular complexity index is 332. The van der Waals surface area contributed by atoms with Gasteiger partial charge in [0.2, 0.25) is 5.91 Å². The van der Waals surface area contributed by atoms with Crippen LogP contribution in [0.25, 0.3) is 0 Å². The van der Waals surface area contributed by atoms with Crippen molar-refractivity contribution in [3.63, 3.8) is 0 Å². The SMILES string of the molecule is CCNC(=O)NC(=O)CN1CCCC1CC(=O)O. The molecule has 1 saturated heterocycles. The maximum atomic E-state index is 11.6. The van der Waals surface area contributed by atoms with Crippen LogP contribution < -0.4 is 10.6 Å². The molecule has 1 aliphatic heterocycles. The van der Waals surface area contributed by atoms with Crippen LogP contribution in [0.3, 0.4) is 0 Å². The van der Waals surface area contributed by atoms with Crippen LogP contribution in [0.15, 0.2) is 0 Å². The number of carboxylic acids is 1. The molecule has 0 aromatic rings. The van der Waals surface area contributed by atoms with E-state index < -0.39 is 17.9 Å². The van der Waals surface area contributed by atoms with E-state index in [4.69, 9.17) is 5.11 Å². The predicted octanol–water partition coefficient (Wildman–Crippen LogP) is -0.229. The average Bonchev–Trinajstić information content (AvgIpc) is 2.64. The van der Waals surface area contributed by atoms with E-state index in [0.717, 1.165) is 12.8 Å². The van der Waals surface area contributed by atoms with Crippen LogP contribution in [0.4, 0.5) is 4.79 Å². The zero-order chi connectivity index (χ0) is 13.5. The van der Waals surface area contributed by atoms with Crippen molar-refractivity contribution < 1.29 is 19.5 Å². The largest absolute Gasteiger partial charge is 0.481 e. The Balaban J connectivity index is 2.38. The lowest BCUT2D eigenvalue weighted by atomic mass is 10.1. The molecule has 0 bridgehead atoms. The van der Waals surface area contributed by atoms with E-state index in [2.05, 4.69) is 10.6 Å². The molecule has 0 aromatic carbocycles. The van der Waals surface area contributed by atoms with Crippen LogP contribution in [0.5, 0.6) is 0 Å². The number of imide groups is 1. The number of hydrogen-bond acceptors (Lipinski definition) is 4. The van der Waals surface area contributed by atoms with Gasteiger partial charge in [0.05, 0.1) is 13.0 Å². The zero-order valence-electron chi connectivity index (χ0n) is 10.4. The van der Waals surface area contributed by atoms with E-state index in [1.54, 1.807) is 6.92 Å². The van der Waals surface area contributed by atoms with E-state index >= 15 is 0 Å². The minimum absolute atomic E-state index is 0.0361. The Kier molecular flexibility index (Phi) is 5.57. The number of likely N-dealkylation sites (tertiary alicyclic amines) is 1. The van der Waals surface area contributed by atoms with Gasteiger partial charge in [-0.25, -0.2) is 4.79 Å². The van der Waals surface area contributed by atoms with Gasteiger partial charge in [-0.05, 0) is 26.3 Å². The molecule has 0 radical (unpaired) electrons. The average molecular weight is 257 g/mol. The normalized spacial score (nSPS) is 19.5. The molecule has 0 aromatic heterocycles. The standard InChI is InChI=1S/C11H19N3O4/c1-2-12-11(18)13-9(15)7-14-5-3-4-8(14)6-10(16)17/h8H,2-7H2,1H3,(H,16,17)(H2,12,13,15,18).